The monoisotopic (exact) mass is 380 g/mol. The standard InChI is InChI=1S/C20H28N2O3.ClH/c1-24-17-8-9-18-15(14-25-19(18)13-17)12-20(23)22-11-10-21-16-6-4-2-3-5-7-16;/h8-9,13-14,16,21H,2-7,10-12H2,1H3,(H,22,23);1H. The molecule has 1 heterocycles. The summed E-state index contributed by atoms with van der Waals surface area (Å²) in [6, 6.07) is 6.28. The van der Waals surface area contributed by atoms with Gasteiger partial charge in [-0.3, -0.25) is 4.79 Å². The van der Waals surface area contributed by atoms with Gasteiger partial charge in [-0.1, -0.05) is 25.7 Å². The van der Waals surface area contributed by atoms with Crippen molar-refractivity contribution < 1.29 is 13.9 Å². The zero-order valence-electron chi connectivity index (χ0n) is 15.4. The first kappa shape index (κ1) is 20.6. The minimum Gasteiger partial charge on any atom is -0.497 e. The molecule has 0 bridgehead atoms. The first-order valence-electron chi connectivity index (χ1n) is 9.30. The third kappa shape index (κ3) is 5.64. The molecular weight excluding hydrogens is 352 g/mol. The van der Waals surface area contributed by atoms with Crippen molar-refractivity contribution >= 4 is 29.3 Å². The number of carbonyl (C=O) groups excluding carboxylic acids is 1. The molecule has 2 N–H and O–H groups in total. The van der Waals surface area contributed by atoms with E-state index in [2.05, 4.69) is 10.6 Å². The molecule has 3 rings (SSSR count). The van der Waals surface area contributed by atoms with Gasteiger partial charge in [-0.15, -0.1) is 12.4 Å². The van der Waals surface area contributed by atoms with E-state index in [4.69, 9.17) is 9.15 Å². The molecule has 5 nitrogen and oxygen atoms in total. The van der Waals surface area contributed by atoms with Crippen molar-refractivity contribution in [3.63, 3.8) is 0 Å². The van der Waals surface area contributed by atoms with Gasteiger partial charge in [-0.25, -0.2) is 0 Å². The molecule has 1 aromatic carbocycles. The Morgan fingerprint density at radius 3 is 2.69 bits per heavy atom. The molecule has 0 spiro atoms. The molecule has 0 saturated heterocycles. The number of rotatable bonds is 7. The lowest BCUT2D eigenvalue weighted by Gasteiger charge is -2.16. The third-order valence-corrected chi connectivity index (χ3v) is 4.95. The Morgan fingerprint density at radius 1 is 1.19 bits per heavy atom. The summed E-state index contributed by atoms with van der Waals surface area (Å²) in [7, 11) is 1.63. The van der Waals surface area contributed by atoms with Crippen LogP contribution in [-0.4, -0.2) is 32.1 Å². The van der Waals surface area contributed by atoms with E-state index in [0.717, 1.165) is 28.8 Å². The Hall–Kier alpha value is -1.72. The number of hydrogen-bond acceptors (Lipinski definition) is 4. The van der Waals surface area contributed by atoms with Crippen LogP contribution in [0.4, 0.5) is 0 Å². The van der Waals surface area contributed by atoms with Gasteiger partial charge in [0.05, 0.1) is 19.8 Å². The van der Waals surface area contributed by atoms with Gasteiger partial charge in [0, 0.05) is 36.1 Å². The molecule has 1 saturated carbocycles. The summed E-state index contributed by atoms with van der Waals surface area (Å²) in [6.45, 7) is 1.50. The van der Waals surface area contributed by atoms with Gasteiger partial charge in [-0.2, -0.15) is 0 Å². The molecule has 6 heteroatoms. The van der Waals surface area contributed by atoms with Crippen LogP contribution >= 0.6 is 12.4 Å². The maximum atomic E-state index is 12.2. The zero-order chi connectivity index (χ0) is 17.5. The largest absolute Gasteiger partial charge is 0.497 e. The van der Waals surface area contributed by atoms with Crippen LogP contribution in [0, 0.1) is 0 Å². The highest BCUT2D eigenvalue weighted by atomic mass is 35.5. The molecule has 144 valence electrons. The molecule has 1 amide bonds. The maximum absolute atomic E-state index is 12.2. The van der Waals surface area contributed by atoms with Crippen LogP contribution in [0.25, 0.3) is 11.0 Å². The van der Waals surface area contributed by atoms with Crippen molar-refractivity contribution in [3.8, 4) is 5.75 Å². The Morgan fingerprint density at radius 2 is 1.96 bits per heavy atom. The number of hydrogen-bond donors (Lipinski definition) is 2. The van der Waals surface area contributed by atoms with E-state index in [0.29, 0.717) is 19.0 Å². The van der Waals surface area contributed by atoms with E-state index >= 15 is 0 Å². The van der Waals surface area contributed by atoms with Crippen LogP contribution < -0.4 is 15.4 Å². The summed E-state index contributed by atoms with van der Waals surface area (Å²) in [4.78, 5) is 12.2. The van der Waals surface area contributed by atoms with Gasteiger partial charge in [0.1, 0.15) is 11.3 Å². The van der Waals surface area contributed by atoms with Crippen LogP contribution in [-0.2, 0) is 11.2 Å². The topological polar surface area (TPSA) is 63.5 Å². The molecule has 1 aromatic heterocycles. The highest BCUT2D eigenvalue weighted by molar-refractivity contribution is 5.88. The van der Waals surface area contributed by atoms with Gasteiger partial charge in [0.2, 0.25) is 5.91 Å². The molecule has 1 fully saturated rings. The molecule has 0 unspecified atom stereocenters. The van der Waals surface area contributed by atoms with Gasteiger partial charge < -0.3 is 19.8 Å². The average molecular weight is 381 g/mol. The lowest BCUT2D eigenvalue weighted by molar-refractivity contribution is -0.120. The second-order valence-corrected chi connectivity index (χ2v) is 6.79. The van der Waals surface area contributed by atoms with E-state index in [-0.39, 0.29) is 18.3 Å². The molecule has 2 aromatic rings. The summed E-state index contributed by atoms with van der Waals surface area (Å²) in [5.74, 6) is 0.781. The number of methoxy groups -OCH3 is 1. The fourth-order valence-electron chi connectivity index (χ4n) is 3.52. The second kappa shape index (κ2) is 10.4. The van der Waals surface area contributed by atoms with Crippen molar-refractivity contribution in [2.45, 2.75) is 51.0 Å². The minimum atomic E-state index is 0. The molecule has 0 atom stereocenters. The molecule has 1 aliphatic carbocycles. The van der Waals surface area contributed by atoms with E-state index in [9.17, 15) is 4.79 Å². The Balaban J connectivity index is 0.00000243. The van der Waals surface area contributed by atoms with Crippen molar-refractivity contribution in [2.75, 3.05) is 20.2 Å². The predicted octanol–water partition coefficient (Wildman–Crippen LogP) is 3.83. The van der Waals surface area contributed by atoms with Crippen molar-refractivity contribution in [1.29, 1.82) is 0 Å². The first-order valence-corrected chi connectivity index (χ1v) is 9.30. The van der Waals surface area contributed by atoms with Gasteiger partial charge in [0.15, 0.2) is 0 Å². The van der Waals surface area contributed by atoms with E-state index < -0.39 is 0 Å². The number of furan rings is 1. The van der Waals surface area contributed by atoms with E-state index in [1.165, 1.54) is 38.5 Å². The lowest BCUT2D eigenvalue weighted by Crippen LogP contribution is -2.37. The van der Waals surface area contributed by atoms with E-state index in [1.54, 1.807) is 13.4 Å². The van der Waals surface area contributed by atoms with Crippen LogP contribution in [0.15, 0.2) is 28.9 Å². The van der Waals surface area contributed by atoms with Crippen LogP contribution in [0.2, 0.25) is 0 Å². The van der Waals surface area contributed by atoms with E-state index in [1.807, 2.05) is 18.2 Å². The van der Waals surface area contributed by atoms with Gasteiger partial charge in [-0.05, 0) is 25.0 Å². The van der Waals surface area contributed by atoms with Crippen molar-refractivity contribution in [3.05, 3.63) is 30.0 Å². The quantitative estimate of drug-likeness (QED) is 0.566. The number of halogens is 1. The maximum Gasteiger partial charge on any atom is 0.224 e. The fraction of sp³-hybridized carbons (Fsp3) is 0.550. The van der Waals surface area contributed by atoms with Gasteiger partial charge >= 0.3 is 0 Å². The van der Waals surface area contributed by atoms with Crippen LogP contribution in [0.1, 0.15) is 44.1 Å². The van der Waals surface area contributed by atoms with Crippen molar-refractivity contribution in [1.82, 2.24) is 10.6 Å². The number of amides is 1. The van der Waals surface area contributed by atoms with Gasteiger partial charge in [0.25, 0.3) is 0 Å². The predicted molar refractivity (Wildman–Crippen MR) is 106 cm³/mol. The summed E-state index contributed by atoms with van der Waals surface area (Å²) in [6.07, 6.45) is 9.89. The molecule has 0 radical (unpaired) electrons. The lowest BCUT2D eigenvalue weighted by atomic mass is 10.1. The summed E-state index contributed by atoms with van der Waals surface area (Å²) in [5.41, 5.74) is 1.66. The summed E-state index contributed by atoms with van der Waals surface area (Å²) < 4.78 is 10.7. The summed E-state index contributed by atoms with van der Waals surface area (Å²) >= 11 is 0. The van der Waals surface area contributed by atoms with Crippen LogP contribution in [0.5, 0.6) is 5.75 Å². The molecule has 0 aliphatic heterocycles. The SMILES string of the molecule is COc1ccc2c(CC(=O)NCCNC3CCCCCC3)coc2c1.Cl. The second-order valence-electron chi connectivity index (χ2n) is 6.79. The highest BCUT2D eigenvalue weighted by Gasteiger charge is 2.13. The minimum absolute atomic E-state index is 0. The Kier molecular flexibility index (Phi) is 8.26. The number of ether oxygens (including phenoxy) is 1. The van der Waals surface area contributed by atoms with Crippen LogP contribution in [0.3, 0.4) is 0 Å². The Labute approximate surface area is 161 Å². The summed E-state index contributed by atoms with van der Waals surface area (Å²) in [5, 5.41) is 7.53. The Bertz CT molecular complexity index is 693. The number of nitrogens with one attached hydrogen (secondary N) is 2. The fourth-order valence-corrected chi connectivity index (χ4v) is 3.52. The number of fused-ring (bicyclic) bond motifs is 1. The molecule has 1 aliphatic rings. The number of benzene rings is 1. The number of carbonyl (C=O) groups is 1. The average Bonchev–Trinajstić information content (AvgIpc) is 2.84. The highest BCUT2D eigenvalue weighted by Crippen LogP contribution is 2.25. The van der Waals surface area contributed by atoms with Crippen molar-refractivity contribution in [2.24, 2.45) is 0 Å². The smallest absolute Gasteiger partial charge is 0.224 e. The zero-order valence-corrected chi connectivity index (χ0v) is 16.2. The first-order chi connectivity index (χ1) is 12.3. The third-order valence-electron chi connectivity index (χ3n) is 4.95. The normalized spacial score (nSPS) is 15.3. The molecular formula is C20H29ClN2O3. The molecule has 26 heavy (non-hydrogen) atoms.